The summed E-state index contributed by atoms with van der Waals surface area (Å²) in [6.07, 6.45) is 1.43. The second kappa shape index (κ2) is 5.25. The van der Waals surface area contributed by atoms with Crippen molar-refractivity contribution in [2.75, 3.05) is 0 Å². The Hall–Kier alpha value is -2.78. The summed E-state index contributed by atoms with van der Waals surface area (Å²) in [6, 6.07) is 0. The third-order valence-corrected chi connectivity index (χ3v) is 2.04. The molecule has 2 aromatic rings. The summed E-state index contributed by atoms with van der Waals surface area (Å²) in [4.78, 5) is 25.8. The maximum atomic E-state index is 11.6. The van der Waals surface area contributed by atoms with E-state index in [0.717, 1.165) is 4.68 Å². The van der Waals surface area contributed by atoms with Crippen molar-refractivity contribution < 1.29 is 19.2 Å². The number of nitrogens with one attached hydrogen (secondary N) is 1. The molecule has 100 valence electrons. The van der Waals surface area contributed by atoms with Crippen molar-refractivity contribution >= 4 is 11.9 Å². The fourth-order valence-corrected chi connectivity index (χ4v) is 1.28. The van der Waals surface area contributed by atoms with Gasteiger partial charge in [0.25, 0.3) is 11.7 Å². The normalized spacial score (nSPS) is 10.4. The minimum atomic E-state index is -1.03. The maximum Gasteiger partial charge on any atom is 0.325 e. The summed E-state index contributed by atoms with van der Waals surface area (Å²) >= 11 is 0. The van der Waals surface area contributed by atoms with Crippen molar-refractivity contribution in [1.82, 2.24) is 30.5 Å². The van der Waals surface area contributed by atoms with Crippen molar-refractivity contribution in [1.29, 1.82) is 0 Å². The average Bonchev–Trinajstić information content (AvgIpc) is 2.94. The smallest absolute Gasteiger partial charge is 0.325 e. The van der Waals surface area contributed by atoms with Gasteiger partial charge in [0.15, 0.2) is 0 Å². The van der Waals surface area contributed by atoms with Gasteiger partial charge in [0.05, 0.1) is 12.7 Å². The number of aryl methyl sites for hydroxylation is 1. The lowest BCUT2D eigenvalue weighted by atomic mass is 10.4. The molecule has 0 atom stereocenters. The topological polar surface area (TPSA) is 136 Å². The Morgan fingerprint density at radius 1 is 1.53 bits per heavy atom. The number of aromatic nitrogens is 5. The zero-order valence-electron chi connectivity index (χ0n) is 9.90. The molecule has 0 saturated heterocycles. The fraction of sp³-hybridized carbons (Fsp3) is 0.333. The number of hydrogen-bond donors (Lipinski definition) is 2. The predicted octanol–water partition coefficient (Wildman–Crippen LogP) is -1.02. The summed E-state index contributed by atoms with van der Waals surface area (Å²) < 4.78 is 5.82. The molecular formula is C9H10N6O4. The van der Waals surface area contributed by atoms with Gasteiger partial charge in [-0.05, 0) is 0 Å². The van der Waals surface area contributed by atoms with Crippen LogP contribution in [0.25, 0.3) is 0 Å². The van der Waals surface area contributed by atoms with E-state index in [1.54, 1.807) is 6.92 Å². The molecule has 0 fully saturated rings. The fourth-order valence-electron chi connectivity index (χ4n) is 1.28. The molecule has 2 heterocycles. The van der Waals surface area contributed by atoms with Crippen LogP contribution in [0.1, 0.15) is 22.2 Å². The van der Waals surface area contributed by atoms with E-state index in [1.165, 1.54) is 6.20 Å². The highest BCUT2D eigenvalue weighted by Crippen LogP contribution is 1.97. The molecule has 2 N–H and O–H groups in total. The molecule has 0 saturated carbocycles. The first-order chi connectivity index (χ1) is 9.04. The Balaban J connectivity index is 1.90. The lowest BCUT2D eigenvalue weighted by molar-refractivity contribution is -0.137. The van der Waals surface area contributed by atoms with Gasteiger partial charge in [-0.25, -0.2) is 4.68 Å². The molecule has 0 aliphatic rings. The van der Waals surface area contributed by atoms with Gasteiger partial charge in [0.2, 0.25) is 5.89 Å². The van der Waals surface area contributed by atoms with Gasteiger partial charge in [-0.3, -0.25) is 9.59 Å². The Morgan fingerprint density at radius 3 is 2.95 bits per heavy atom. The highest BCUT2D eigenvalue weighted by Gasteiger charge is 2.13. The number of aliphatic carboxylic acids is 1. The van der Waals surface area contributed by atoms with Crippen molar-refractivity contribution in [3.05, 3.63) is 23.6 Å². The predicted molar refractivity (Wildman–Crippen MR) is 57.9 cm³/mol. The Labute approximate surface area is 106 Å². The first-order valence-electron chi connectivity index (χ1n) is 5.24. The van der Waals surface area contributed by atoms with Gasteiger partial charge in [-0.2, -0.15) is 4.98 Å². The summed E-state index contributed by atoms with van der Waals surface area (Å²) in [5, 5.41) is 21.8. The molecule has 19 heavy (non-hydrogen) atoms. The monoisotopic (exact) mass is 266 g/mol. The molecule has 1 amide bonds. The number of amides is 1. The number of carboxylic acids is 1. The van der Waals surface area contributed by atoms with Gasteiger partial charge in [-0.1, -0.05) is 10.4 Å². The molecule has 0 unspecified atom stereocenters. The number of carboxylic acid groups (broad SMARTS) is 1. The van der Waals surface area contributed by atoms with E-state index in [9.17, 15) is 9.59 Å². The van der Waals surface area contributed by atoms with Crippen molar-refractivity contribution in [2.45, 2.75) is 20.0 Å². The number of carbonyl (C=O) groups excluding carboxylic acids is 1. The number of hydrogen-bond acceptors (Lipinski definition) is 7. The van der Waals surface area contributed by atoms with E-state index >= 15 is 0 Å². The van der Waals surface area contributed by atoms with E-state index in [1.807, 2.05) is 0 Å². The molecule has 10 heteroatoms. The number of carbonyl (C=O) groups is 2. The van der Waals surface area contributed by atoms with E-state index in [4.69, 9.17) is 5.11 Å². The molecule has 0 radical (unpaired) electrons. The van der Waals surface area contributed by atoms with Crippen LogP contribution >= 0.6 is 0 Å². The van der Waals surface area contributed by atoms with Crippen LogP contribution in [0.15, 0.2) is 10.7 Å². The van der Waals surface area contributed by atoms with E-state index in [0.29, 0.717) is 5.69 Å². The Kier molecular flexibility index (Phi) is 3.50. The third kappa shape index (κ3) is 3.34. The van der Waals surface area contributed by atoms with Crippen molar-refractivity contribution in [3.8, 4) is 0 Å². The molecule has 0 aliphatic heterocycles. The number of nitrogens with zero attached hydrogens (tertiary/aromatic N) is 5. The lowest BCUT2D eigenvalue weighted by Gasteiger charge is -1.97. The lowest BCUT2D eigenvalue weighted by Crippen LogP contribution is -2.24. The minimum absolute atomic E-state index is 0.0737. The van der Waals surface area contributed by atoms with Gasteiger partial charge >= 0.3 is 5.97 Å². The second-order valence-electron chi connectivity index (χ2n) is 3.62. The Morgan fingerprint density at radius 2 is 2.32 bits per heavy atom. The van der Waals surface area contributed by atoms with Crippen LogP contribution in [-0.2, 0) is 17.9 Å². The molecule has 10 nitrogen and oxygen atoms in total. The van der Waals surface area contributed by atoms with Gasteiger partial charge in [0, 0.05) is 6.92 Å². The third-order valence-electron chi connectivity index (χ3n) is 2.04. The first-order valence-corrected chi connectivity index (χ1v) is 5.24. The highest BCUT2D eigenvalue weighted by molar-refractivity contribution is 5.90. The van der Waals surface area contributed by atoms with Gasteiger partial charge in [-0.15, -0.1) is 5.10 Å². The first kappa shape index (κ1) is 12.7. The molecule has 2 aromatic heterocycles. The summed E-state index contributed by atoms with van der Waals surface area (Å²) in [7, 11) is 0. The molecule has 0 aliphatic carbocycles. The van der Waals surface area contributed by atoms with Gasteiger partial charge < -0.3 is 14.9 Å². The van der Waals surface area contributed by atoms with Crippen LogP contribution in [0.5, 0.6) is 0 Å². The summed E-state index contributed by atoms with van der Waals surface area (Å²) in [6.45, 7) is 1.37. The molecule has 0 spiro atoms. The average molecular weight is 266 g/mol. The SMILES string of the molecule is Cc1nc(C(=O)NCc2cn(CC(=O)O)nn2)no1. The summed E-state index contributed by atoms with van der Waals surface area (Å²) in [5.41, 5.74) is 0.426. The van der Waals surface area contributed by atoms with Crippen molar-refractivity contribution in [2.24, 2.45) is 0 Å². The maximum absolute atomic E-state index is 11.6. The highest BCUT2D eigenvalue weighted by atomic mass is 16.5. The molecular weight excluding hydrogens is 256 g/mol. The standard InChI is InChI=1S/C9H10N6O4/c1-5-11-8(13-19-5)9(18)10-2-6-3-15(14-12-6)4-7(16)17/h3H,2,4H2,1H3,(H,10,18)(H,16,17). The van der Waals surface area contributed by atoms with Crippen LogP contribution in [0.3, 0.4) is 0 Å². The van der Waals surface area contributed by atoms with Crippen LogP contribution in [0.4, 0.5) is 0 Å². The second-order valence-corrected chi connectivity index (χ2v) is 3.62. The van der Waals surface area contributed by atoms with Crippen LogP contribution < -0.4 is 5.32 Å². The number of rotatable bonds is 5. The van der Waals surface area contributed by atoms with Crippen LogP contribution in [0, 0.1) is 6.92 Å². The zero-order chi connectivity index (χ0) is 13.8. The zero-order valence-corrected chi connectivity index (χ0v) is 9.90. The van der Waals surface area contributed by atoms with Gasteiger partial charge in [0.1, 0.15) is 12.2 Å². The van der Waals surface area contributed by atoms with E-state index < -0.39 is 11.9 Å². The largest absolute Gasteiger partial charge is 0.480 e. The Bertz CT molecular complexity index is 603. The molecule has 0 bridgehead atoms. The summed E-state index contributed by atoms with van der Waals surface area (Å²) in [5.74, 6) is -1.32. The minimum Gasteiger partial charge on any atom is -0.480 e. The van der Waals surface area contributed by atoms with Crippen LogP contribution in [-0.4, -0.2) is 42.1 Å². The van der Waals surface area contributed by atoms with E-state index in [-0.39, 0.29) is 24.8 Å². The molecule has 0 aromatic carbocycles. The quantitative estimate of drug-likeness (QED) is 0.702. The van der Waals surface area contributed by atoms with Crippen molar-refractivity contribution in [3.63, 3.8) is 0 Å². The molecule has 2 rings (SSSR count). The van der Waals surface area contributed by atoms with E-state index in [2.05, 4.69) is 30.3 Å². The van der Waals surface area contributed by atoms with Crippen LogP contribution in [0.2, 0.25) is 0 Å².